The highest BCUT2D eigenvalue weighted by molar-refractivity contribution is 5.91. The summed E-state index contributed by atoms with van der Waals surface area (Å²) in [4.78, 5) is 12.3. The van der Waals surface area contributed by atoms with Gasteiger partial charge in [0.05, 0.1) is 19.9 Å². The Morgan fingerprint density at radius 1 is 1.22 bits per heavy atom. The number of methoxy groups -OCH3 is 2. The Labute approximate surface area is 164 Å². The zero-order valence-electron chi connectivity index (χ0n) is 15.4. The van der Waals surface area contributed by atoms with Gasteiger partial charge in [0, 0.05) is 13.0 Å². The molecule has 0 aliphatic carbocycles. The molecule has 0 aromatic heterocycles. The fraction of sp³-hybridized carbons (Fsp3) is 0.350. The molecule has 27 heavy (non-hydrogen) atoms. The third-order valence-electron chi connectivity index (χ3n) is 4.59. The maximum absolute atomic E-state index is 14.6. The minimum Gasteiger partial charge on any atom is -0.497 e. The average molecular weight is 395 g/mol. The predicted octanol–water partition coefficient (Wildman–Crippen LogP) is 3.48. The summed E-state index contributed by atoms with van der Waals surface area (Å²) < 4.78 is 25.2. The Bertz CT molecular complexity index is 814. The summed E-state index contributed by atoms with van der Waals surface area (Å²) in [6.07, 6.45) is 1.33. The molecule has 7 heteroatoms. The Morgan fingerprint density at radius 3 is 2.78 bits per heavy atom. The van der Waals surface area contributed by atoms with E-state index in [1.807, 2.05) is 18.2 Å². The first-order valence-electron chi connectivity index (χ1n) is 8.64. The zero-order chi connectivity index (χ0) is 18.5. The molecule has 1 aliphatic heterocycles. The monoisotopic (exact) mass is 394 g/mol. The van der Waals surface area contributed by atoms with Crippen LogP contribution in [0.4, 0.5) is 10.1 Å². The highest BCUT2D eigenvalue weighted by Crippen LogP contribution is 2.27. The van der Waals surface area contributed by atoms with Gasteiger partial charge in [-0.1, -0.05) is 6.07 Å². The van der Waals surface area contributed by atoms with Gasteiger partial charge in [-0.05, 0) is 60.3 Å². The van der Waals surface area contributed by atoms with E-state index in [2.05, 4.69) is 10.6 Å². The number of amides is 1. The second-order valence-corrected chi connectivity index (χ2v) is 6.22. The largest absolute Gasteiger partial charge is 0.497 e. The van der Waals surface area contributed by atoms with E-state index in [-0.39, 0.29) is 36.2 Å². The van der Waals surface area contributed by atoms with Crippen molar-refractivity contribution >= 4 is 24.0 Å². The van der Waals surface area contributed by atoms with Crippen LogP contribution < -0.4 is 20.1 Å². The second kappa shape index (κ2) is 9.58. The molecule has 2 aromatic carbocycles. The third-order valence-corrected chi connectivity index (χ3v) is 4.59. The van der Waals surface area contributed by atoms with Crippen molar-refractivity contribution in [2.75, 3.05) is 26.1 Å². The lowest BCUT2D eigenvalue weighted by Crippen LogP contribution is -2.25. The number of carbonyl (C=O) groups excluding carboxylic acids is 1. The third kappa shape index (κ3) is 4.90. The fourth-order valence-electron chi connectivity index (χ4n) is 3.17. The number of fused-ring (bicyclic) bond motifs is 1. The van der Waals surface area contributed by atoms with Gasteiger partial charge in [0.15, 0.2) is 0 Å². The quantitative estimate of drug-likeness (QED) is 0.787. The maximum Gasteiger partial charge on any atom is 0.224 e. The van der Waals surface area contributed by atoms with Crippen molar-refractivity contribution in [2.45, 2.75) is 25.8 Å². The predicted molar refractivity (Wildman–Crippen MR) is 106 cm³/mol. The minimum absolute atomic E-state index is 0. The van der Waals surface area contributed by atoms with Gasteiger partial charge in [-0.25, -0.2) is 4.39 Å². The number of ether oxygens (including phenoxy) is 2. The van der Waals surface area contributed by atoms with Crippen LogP contribution in [-0.4, -0.2) is 26.7 Å². The van der Waals surface area contributed by atoms with Gasteiger partial charge in [0.25, 0.3) is 0 Å². The molecular weight excluding hydrogens is 371 g/mol. The fourth-order valence-corrected chi connectivity index (χ4v) is 3.17. The molecule has 0 saturated carbocycles. The summed E-state index contributed by atoms with van der Waals surface area (Å²) in [7, 11) is 3.18. The Hall–Kier alpha value is -2.31. The lowest BCUT2D eigenvalue weighted by atomic mass is 9.99. The van der Waals surface area contributed by atoms with Crippen molar-refractivity contribution < 1.29 is 18.7 Å². The van der Waals surface area contributed by atoms with Crippen LogP contribution in [0.3, 0.4) is 0 Å². The molecule has 146 valence electrons. The molecule has 5 nitrogen and oxygen atoms in total. The van der Waals surface area contributed by atoms with Crippen molar-refractivity contribution in [1.29, 1.82) is 0 Å². The normalized spacial score (nSPS) is 12.6. The smallest absolute Gasteiger partial charge is 0.224 e. The number of carbonyl (C=O) groups is 1. The van der Waals surface area contributed by atoms with E-state index in [0.717, 1.165) is 17.7 Å². The van der Waals surface area contributed by atoms with Crippen LogP contribution in [0, 0.1) is 5.82 Å². The summed E-state index contributed by atoms with van der Waals surface area (Å²) >= 11 is 0. The summed E-state index contributed by atoms with van der Waals surface area (Å²) in [6.45, 7) is 1.41. The molecule has 2 N–H and O–H groups in total. The SMILES string of the molecule is COc1ccc(OC)c(CCC(=O)Nc2ccc3c(c2F)CCNC3)c1.Cl. The van der Waals surface area contributed by atoms with Crippen molar-refractivity contribution in [1.82, 2.24) is 5.32 Å². The first-order chi connectivity index (χ1) is 12.6. The number of benzene rings is 2. The van der Waals surface area contributed by atoms with Gasteiger partial charge in [0.1, 0.15) is 17.3 Å². The van der Waals surface area contributed by atoms with Crippen LogP contribution in [0.15, 0.2) is 30.3 Å². The van der Waals surface area contributed by atoms with E-state index in [0.29, 0.717) is 36.4 Å². The summed E-state index contributed by atoms with van der Waals surface area (Å²) in [5, 5.41) is 5.90. The molecule has 0 spiro atoms. The van der Waals surface area contributed by atoms with Gasteiger partial charge in [-0.2, -0.15) is 0 Å². The highest BCUT2D eigenvalue weighted by atomic mass is 35.5. The molecule has 0 saturated heterocycles. The topological polar surface area (TPSA) is 59.6 Å². The first kappa shape index (κ1) is 21.0. The van der Waals surface area contributed by atoms with Crippen molar-refractivity contribution in [3.63, 3.8) is 0 Å². The van der Waals surface area contributed by atoms with Crippen LogP contribution in [0.1, 0.15) is 23.1 Å². The Balaban J connectivity index is 0.00000261. The molecule has 0 bridgehead atoms. The number of rotatable bonds is 6. The lowest BCUT2D eigenvalue weighted by molar-refractivity contribution is -0.116. The zero-order valence-corrected chi connectivity index (χ0v) is 16.2. The molecule has 1 aliphatic rings. The summed E-state index contributed by atoms with van der Waals surface area (Å²) in [5.74, 6) is 0.848. The molecule has 0 radical (unpaired) electrons. The van der Waals surface area contributed by atoms with Gasteiger partial charge in [-0.3, -0.25) is 4.79 Å². The number of anilines is 1. The number of hydrogen-bond acceptors (Lipinski definition) is 4. The van der Waals surface area contributed by atoms with Crippen molar-refractivity contribution in [3.8, 4) is 11.5 Å². The van der Waals surface area contributed by atoms with E-state index in [1.165, 1.54) is 0 Å². The number of nitrogens with one attached hydrogen (secondary N) is 2. The lowest BCUT2D eigenvalue weighted by Gasteiger charge is -2.19. The summed E-state index contributed by atoms with van der Waals surface area (Å²) in [5.41, 5.74) is 2.76. The average Bonchev–Trinajstić information content (AvgIpc) is 2.68. The highest BCUT2D eigenvalue weighted by Gasteiger charge is 2.17. The van der Waals surface area contributed by atoms with Gasteiger partial charge in [-0.15, -0.1) is 12.4 Å². The van der Waals surface area contributed by atoms with E-state index < -0.39 is 0 Å². The number of hydrogen-bond donors (Lipinski definition) is 2. The van der Waals surface area contributed by atoms with Gasteiger partial charge < -0.3 is 20.1 Å². The molecule has 3 rings (SSSR count). The Kier molecular flexibility index (Phi) is 7.45. The molecule has 1 heterocycles. The maximum atomic E-state index is 14.6. The van der Waals surface area contributed by atoms with E-state index in [9.17, 15) is 9.18 Å². The molecular formula is C20H24ClFN2O3. The number of halogens is 2. The van der Waals surface area contributed by atoms with Crippen molar-refractivity contribution in [3.05, 3.63) is 52.8 Å². The van der Waals surface area contributed by atoms with Crippen LogP contribution in [0.5, 0.6) is 11.5 Å². The molecule has 0 unspecified atom stereocenters. The Morgan fingerprint density at radius 2 is 2.04 bits per heavy atom. The first-order valence-corrected chi connectivity index (χ1v) is 8.64. The second-order valence-electron chi connectivity index (χ2n) is 6.22. The number of aryl methyl sites for hydroxylation is 1. The minimum atomic E-state index is -0.323. The van der Waals surface area contributed by atoms with E-state index >= 15 is 0 Å². The van der Waals surface area contributed by atoms with Crippen LogP contribution >= 0.6 is 12.4 Å². The van der Waals surface area contributed by atoms with E-state index in [4.69, 9.17) is 9.47 Å². The van der Waals surface area contributed by atoms with Gasteiger partial charge in [0.2, 0.25) is 5.91 Å². The van der Waals surface area contributed by atoms with Crippen LogP contribution in [0.2, 0.25) is 0 Å². The molecule has 1 amide bonds. The van der Waals surface area contributed by atoms with E-state index in [1.54, 1.807) is 26.4 Å². The molecule has 0 atom stereocenters. The standard InChI is InChI=1S/C20H23FN2O3.ClH/c1-25-15-5-7-18(26-2)13(11-15)4-8-19(24)23-17-6-3-14-12-22-10-9-16(14)20(17)21;/h3,5-7,11,22H,4,8-10,12H2,1-2H3,(H,23,24);1H. The summed E-state index contributed by atoms with van der Waals surface area (Å²) in [6, 6.07) is 8.96. The van der Waals surface area contributed by atoms with Gasteiger partial charge >= 0.3 is 0 Å². The van der Waals surface area contributed by atoms with Crippen molar-refractivity contribution in [2.24, 2.45) is 0 Å². The van der Waals surface area contributed by atoms with Crippen LogP contribution in [-0.2, 0) is 24.2 Å². The van der Waals surface area contributed by atoms with Crippen LogP contribution in [0.25, 0.3) is 0 Å². The molecule has 0 fully saturated rings. The molecule has 2 aromatic rings.